The fourth-order valence-electron chi connectivity index (χ4n) is 2.08. The normalized spacial score (nSPS) is 11.2. The van der Waals surface area contributed by atoms with Crippen LogP contribution in [0.1, 0.15) is 33.6 Å². The van der Waals surface area contributed by atoms with Crippen molar-refractivity contribution < 1.29 is 14.2 Å². The molecule has 0 saturated heterocycles. The highest BCUT2D eigenvalue weighted by Gasteiger charge is 2.01. The van der Waals surface area contributed by atoms with Crippen LogP contribution in [-0.4, -0.2) is 52.1 Å². The zero-order valence-corrected chi connectivity index (χ0v) is 18.7. The highest BCUT2D eigenvalue weighted by atomic mass is 127. The zero-order chi connectivity index (χ0) is 18.3. The van der Waals surface area contributed by atoms with E-state index >= 15 is 0 Å². The molecule has 0 radical (unpaired) electrons. The maximum absolute atomic E-state index is 5.73. The third-order valence-electron chi connectivity index (χ3n) is 3.23. The monoisotopic (exact) mass is 479 g/mol. The van der Waals surface area contributed by atoms with Gasteiger partial charge in [-0.2, -0.15) is 0 Å². The molecule has 0 saturated carbocycles. The maximum atomic E-state index is 5.73. The second-order valence-corrected chi connectivity index (χ2v) is 5.88. The molecule has 0 bridgehead atoms. The van der Waals surface area contributed by atoms with Gasteiger partial charge in [0, 0.05) is 51.6 Å². The van der Waals surface area contributed by atoms with Gasteiger partial charge in [0.25, 0.3) is 0 Å². The van der Waals surface area contributed by atoms with Crippen molar-refractivity contribution >= 4 is 35.6 Å². The first-order valence-corrected chi connectivity index (χ1v) is 9.04. The number of guanidine groups is 1. The molecule has 150 valence electrons. The third kappa shape index (κ3) is 12.3. The fraction of sp³-hybridized carbons (Fsp3) is 0.632. The molecule has 1 rings (SSSR count). The Bertz CT molecular complexity index is 499. The summed E-state index contributed by atoms with van der Waals surface area (Å²) in [4.78, 5) is 4.58. The summed E-state index contributed by atoms with van der Waals surface area (Å²) in [6.45, 7) is 9.73. The van der Waals surface area contributed by atoms with Gasteiger partial charge in [0.05, 0.1) is 12.7 Å². The SMILES string of the molecule is CCNC(=NCCCOC(C)C)Nc1cccc(OCCCOC)c1.I. The van der Waals surface area contributed by atoms with Crippen LogP contribution in [0.5, 0.6) is 5.75 Å². The number of rotatable bonds is 12. The van der Waals surface area contributed by atoms with Crippen LogP contribution < -0.4 is 15.4 Å². The second-order valence-electron chi connectivity index (χ2n) is 5.88. The maximum Gasteiger partial charge on any atom is 0.195 e. The van der Waals surface area contributed by atoms with Crippen molar-refractivity contribution in [2.24, 2.45) is 4.99 Å². The number of nitrogens with one attached hydrogen (secondary N) is 2. The molecular formula is C19H34IN3O3. The minimum Gasteiger partial charge on any atom is -0.493 e. The molecule has 0 aliphatic rings. The summed E-state index contributed by atoms with van der Waals surface area (Å²) in [5, 5.41) is 6.57. The lowest BCUT2D eigenvalue weighted by Gasteiger charge is -2.13. The molecule has 1 aromatic rings. The Kier molecular flexibility index (Phi) is 15.5. The number of aliphatic imine (C=N–C) groups is 1. The molecule has 1 aromatic carbocycles. The van der Waals surface area contributed by atoms with Crippen LogP contribution in [0, 0.1) is 0 Å². The van der Waals surface area contributed by atoms with Gasteiger partial charge in [-0.15, -0.1) is 24.0 Å². The van der Waals surface area contributed by atoms with Crippen LogP contribution in [0.3, 0.4) is 0 Å². The summed E-state index contributed by atoms with van der Waals surface area (Å²) in [6, 6.07) is 7.89. The molecule has 0 unspecified atom stereocenters. The summed E-state index contributed by atoms with van der Waals surface area (Å²) in [6.07, 6.45) is 2.04. The molecular weight excluding hydrogens is 445 g/mol. The molecule has 7 heteroatoms. The van der Waals surface area contributed by atoms with Crippen LogP contribution in [-0.2, 0) is 9.47 Å². The standard InChI is InChI=1S/C19H33N3O3.HI/c1-5-20-19(21-11-7-13-24-16(2)3)22-17-9-6-10-18(15-17)25-14-8-12-23-4;/h6,9-10,15-16H,5,7-8,11-14H2,1-4H3,(H2,20,21,22);1H. The zero-order valence-electron chi connectivity index (χ0n) is 16.4. The Morgan fingerprint density at radius 2 is 1.96 bits per heavy atom. The molecule has 0 aliphatic heterocycles. The van der Waals surface area contributed by atoms with Crippen LogP contribution in [0.4, 0.5) is 5.69 Å². The summed E-state index contributed by atoms with van der Waals surface area (Å²) in [5.74, 6) is 1.60. The predicted molar refractivity (Wildman–Crippen MR) is 119 cm³/mol. The first-order chi connectivity index (χ1) is 12.2. The number of halogens is 1. The lowest BCUT2D eigenvalue weighted by molar-refractivity contribution is 0.0783. The molecule has 0 atom stereocenters. The van der Waals surface area contributed by atoms with Crippen molar-refractivity contribution in [3.63, 3.8) is 0 Å². The molecule has 26 heavy (non-hydrogen) atoms. The van der Waals surface area contributed by atoms with Crippen molar-refractivity contribution in [1.82, 2.24) is 5.32 Å². The highest BCUT2D eigenvalue weighted by Crippen LogP contribution is 2.17. The minimum absolute atomic E-state index is 0. The van der Waals surface area contributed by atoms with Gasteiger partial charge in [0.2, 0.25) is 0 Å². The summed E-state index contributed by atoms with van der Waals surface area (Å²) >= 11 is 0. The Morgan fingerprint density at radius 1 is 1.15 bits per heavy atom. The number of ether oxygens (including phenoxy) is 3. The average molecular weight is 479 g/mol. The molecule has 0 spiro atoms. The van der Waals surface area contributed by atoms with Gasteiger partial charge >= 0.3 is 0 Å². The summed E-state index contributed by atoms with van der Waals surface area (Å²) in [7, 11) is 1.70. The van der Waals surface area contributed by atoms with E-state index in [1.807, 2.05) is 38.1 Å². The van der Waals surface area contributed by atoms with Crippen molar-refractivity contribution in [2.75, 3.05) is 45.3 Å². The van der Waals surface area contributed by atoms with Gasteiger partial charge in [-0.3, -0.25) is 4.99 Å². The molecule has 0 heterocycles. The predicted octanol–water partition coefficient (Wildman–Crippen LogP) is 3.91. The number of hydrogen-bond donors (Lipinski definition) is 2. The van der Waals surface area contributed by atoms with E-state index < -0.39 is 0 Å². The molecule has 0 aliphatic carbocycles. The smallest absolute Gasteiger partial charge is 0.195 e. The van der Waals surface area contributed by atoms with Gasteiger partial charge in [-0.1, -0.05) is 6.07 Å². The first-order valence-electron chi connectivity index (χ1n) is 9.04. The van der Waals surface area contributed by atoms with E-state index in [4.69, 9.17) is 14.2 Å². The van der Waals surface area contributed by atoms with E-state index in [1.54, 1.807) is 7.11 Å². The Labute approximate surface area is 175 Å². The minimum atomic E-state index is 0. The topological polar surface area (TPSA) is 64.1 Å². The number of nitrogens with zero attached hydrogens (tertiary/aromatic N) is 1. The van der Waals surface area contributed by atoms with E-state index in [0.717, 1.165) is 49.9 Å². The highest BCUT2D eigenvalue weighted by molar-refractivity contribution is 14.0. The van der Waals surface area contributed by atoms with E-state index in [9.17, 15) is 0 Å². The largest absolute Gasteiger partial charge is 0.493 e. The quantitative estimate of drug-likeness (QED) is 0.206. The van der Waals surface area contributed by atoms with Crippen molar-refractivity contribution in [1.29, 1.82) is 0 Å². The lowest BCUT2D eigenvalue weighted by Crippen LogP contribution is -2.30. The Morgan fingerprint density at radius 3 is 2.65 bits per heavy atom. The van der Waals surface area contributed by atoms with Crippen molar-refractivity contribution in [2.45, 2.75) is 39.7 Å². The van der Waals surface area contributed by atoms with Crippen LogP contribution >= 0.6 is 24.0 Å². The molecule has 2 N–H and O–H groups in total. The van der Waals surface area contributed by atoms with Gasteiger partial charge < -0.3 is 24.8 Å². The fourth-order valence-corrected chi connectivity index (χ4v) is 2.08. The van der Waals surface area contributed by atoms with Crippen molar-refractivity contribution in [3.05, 3.63) is 24.3 Å². The van der Waals surface area contributed by atoms with E-state index in [0.29, 0.717) is 13.2 Å². The lowest BCUT2D eigenvalue weighted by atomic mass is 10.3. The van der Waals surface area contributed by atoms with Crippen LogP contribution in [0.2, 0.25) is 0 Å². The number of methoxy groups -OCH3 is 1. The molecule has 6 nitrogen and oxygen atoms in total. The number of hydrogen-bond acceptors (Lipinski definition) is 4. The molecule has 0 fully saturated rings. The van der Waals surface area contributed by atoms with Crippen molar-refractivity contribution in [3.8, 4) is 5.75 Å². The van der Waals surface area contributed by atoms with Gasteiger partial charge in [-0.25, -0.2) is 0 Å². The Hall–Kier alpha value is -1.06. The average Bonchev–Trinajstić information content (AvgIpc) is 2.59. The summed E-state index contributed by atoms with van der Waals surface area (Å²) in [5.41, 5.74) is 0.947. The summed E-state index contributed by atoms with van der Waals surface area (Å²) < 4.78 is 16.3. The van der Waals surface area contributed by atoms with Gasteiger partial charge in [0.15, 0.2) is 5.96 Å². The number of anilines is 1. The number of benzene rings is 1. The molecule has 0 aromatic heterocycles. The second kappa shape index (κ2) is 16.1. The van der Waals surface area contributed by atoms with Crippen LogP contribution in [0.25, 0.3) is 0 Å². The third-order valence-corrected chi connectivity index (χ3v) is 3.23. The van der Waals surface area contributed by atoms with Gasteiger partial charge in [0.1, 0.15) is 5.75 Å². The Balaban J connectivity index is 0.00000625. The van der Waals surface area contributed by atoms with Gasteiger partial charge in [-0.05, 0) is 39.3 Å². The van der Waals surface area contributed by atoms with E-state index in [-0.39, 0.29) is 30.1 Å². The van der Waals surface area contributed by atoms with Crippen LogP contribution in [0.15, 0.2) is 29.3 Å². The molecule has 0 amide bonds. The van der Waals surface area contributed by atoms with E-state index in [1.165, 1.54) is 0 Å². The first kappa shape index (κ1) is 24.9. The van der Waals surface area contributed by atoms with E-state index in [2.05, 4.69) is 22.5 Å².